The molecule has 6 heteroatoms. The predicted octanol–water partition coefficient (Wildman–Crippen LogP) is 3.03. The zero-order valence-corrected chi connectivity index (χ0v) is 14.5. The molecule has 1 saturated carbocycles. The number of anilines is 1. The van der Waals surface area contributed by atoms with E-state index in [1.807, 2.05) is 31.2 Å². The lowest BCUT2D eigenvalue weighted by Crippen LogP contribution is -2.29. The molecule has 1 amide bonds. The quantitative estimate of drug-likeness (QED) is 0.906. The van der Waals surface area contributed by atoms with E-state index in [2.05, 4.69) is 5.32 Å². The Hall–Kier alpha value is -2.18. The fourth-order valence-corrected chi connectivity index (χ4v) is 3.83. The van der Waals surface area contributed by atoms with Gasteiger partial charge in [-0.2, -0.15) is 4.31 Å². The first-order chi connectivity index (χ1) is 11.4. The van der Waals surface area contributed by atoms with E-state index in [4.69, 9.17) is 0 Å². The number of benzene rings is 2. The van der Waals surface area contributed by atoms with Crippen LogP contribution < -0.4 is 5.32 Å². The van der Waals surface area contributed by atoms with Gasteiger partial charge < -0.3 is 5.32 Å². The van der Waals surface area contributed by atoms with Crippen LogP contribution in [0.5, 0.6) is 0 Å². The van der Waals surface area contributed by atoms with Gasteiger partial charge in [-0.3, -0.25) is 4.79 Å². The van der Waals surface area contributed by atoms with Crippen molar-refractivity contribution in [2.45, 2.75) is 30.7 Å². The zero-order chi connectivity index (χ0) is 17.3. The summed E-state index contributed by atoms with van der Waals surface area (Å²) in [6, 6.07) is 13.6. The summed E-state index contributed by atoms with van der Waals surface area (Å²) in [6.07, 6.45) is 1.82. The SMILES string of the molecule is Cc1ccc(NC(=O)c2ccc(S(=O)(=O)N(C)C3CC3)cc2)cc1. The molecule has 1 aliphatic carbocycles. The van der Waals surface area contributed by atoms with Crippen molar-refractivity contribution in [1.82, 2.24) is 4.31 Å². The van der Waals surface area contributed by atoms with Crippen LogP contribution in [-0.2, 0) is 10.0 Å². The highest BCUT2D eigenvalue weighted by atomic mass is 32.2. The van der Waals surface area contributed by atoms with Crippen molar-refractivity contribution in [2.75, 3.05) is 12.4 Å². The lowest BCUT2D eigenvalue weighted by molar-refractivity contribution is 0.102. The average molecular weight is 344 g/mol. The monoisotopic (exact) mass is 344 g/mol. The number of carbonyl (C=O) groups is 1. The minimum atomic E-state index is -3.48. The van der Waals surface area contributed by atoms with Gasteiger partial charge in [0, 0.05) is 24.3 Å². The molecule has 2 aromatic carbocycles. The van der Waals surface area contributed by atoms with Gasteiger partial charge in [-0.15, -0.1) is 0 Å². The van der Waals surface area contributed by atoms with E-state index in [9.17, 15) is 13.2 Å². The van der Waals surface area contributed by atoms with Gasteiger partial charge in [-0.1, -0.05) is 17.7 Å². The average Bonchev–Trinajstić information content (AvgIpc) is 3.41. The molecule has 0 aromatic heterocycles. The van der Waals surface area contributed by atoms with Gasteiger partial charge in [0.05, 0.1) is 4.90 Å². The maximum Gasteiger partial charge on any atom is 0.255 e. The summed E-state index contributed by atoms with van der Waals surface area (Å²) < 4.78 is 26.3. The fourth-order valence-electron chi connectivity index (χ4n) is 2.42. The summed E-state index contributed by atoms with van der Waals surface area (Å²) in [5.74, 6) is -0.265. The molecule has 0 spiro atoms. The van der Waals surface area contributed by atoms with Crippen molar-refractivity contribution in [1.29, 1.82) is 0 Å². The van der Waals surface area contributed by atoms with Gasteiger partial charge in [0.15, 0.2) is 0 Å². The highest BCUT2D eigenvalue weighted by Crippen LogP contribution is 2.30. The van der Waals surface area contributed by atoms with Gasteiger partial charge in [0.25, 0.3) is 5.91 Å². The fraction of sp³-hybridized carbons (Fsp3) is 0.278. The Kier molecular flexibility index (Phi) is 4.43. The van der Waals surface area contributed by atoms with Crippen LogP contribution in [0.1, 0.15) is 28.8 Å². The van der Waals surface area contributed by atoms with Crippen LogP contribution in [0.25, 0.3) is 0 Å². The summed E-state index contributed by atoms with van der Waals surface area (Å²) in [7, 11) is -1.88. The van der Waals surface area contributed by atoms with Crippen LogP contribution in [-0.4, -0.2) is 31.7 Å². The minimum Gasteiger partial charge on any atom is -0.322 e. The first-order valence-electron chi connectivity index (χ1n) is 7.84. The van der Waals surface area contributed by atoms with E-state index in [1.165, 1.54) is 28.6 Å². The summed E-state index contributed by atoms with van der Waals surface area (Å²) in [6.45, 7) is 1.98. The van der Waals surface area contributed by atoms with Gasteiger partial charge >= 0.3 is 0 Å². The van der Waals surface area contributed by atoms with E-state index in [0.717, 1.165) is 18.4 Å². The van der Waals surface area contributed by atoms with Crippen LogP contribution in [0, 0.1) is 6.92 Å². The predicted molar refractivity (Wildman–Crippen MR) is 93.5 cm³/mol. The Balaban J connectivity index is 1.74. The number of rotatable bonds is 5. The molecule has 24 heavy (non-hydrogen) atoms. The lowest BCUT2D eigenvalue weighted by atomic mass is 10.2. The Morgan fingerprint density at radius 1 is 1.04 bits per heavy atom. The number of sulfonamides is 1. The van der Waals surface area contributed by atoms with Crippen molar-refractivity contribution in [3.8, 4) is 0 Å². The van der Waals surface area contributed by atoms with Crippen molar-refractivity contribution in [2.24, 2.45) is 0 Å². The Morgan fingerprint density at radius 3 is 2.17 bits per heavy atom. The number of nitrogens with one attached hydrogen (secondary N) is 1. The minimum absolute atomic E-state index is 0.111. The molecule has 0 bridgehead atoms. The largest absolute Gasteiger partial charge is 0.322 e. The molecule has 0 atom stereocenters. The molecule has 0 aliphatic heterocycles. The third-order valence-electron chi connectivity index (χ3n) is 4.16. The Morgan fingerprint density at radius 2 is 1.62 bits per heavy atom. The topological polar surface area (TPSA) is 66.5 Å². The summed E-state index contributed by atoms with van der Waals surface area (Å²) in [5, 5.41) is 2.80. The third kappa shape index (κ3) is 3.49. The number of hydrogen-bond acceptors (Lipinski definition) is 3. The molecule has 0 heterocycles. The lowest BCUT2D eigenvalue weighted by Gasteiger charge is -2.16. The van der Waals surface area contributed by atoms with Gasteiger partial charge in [0.2, 0.25) is 10.0 Å². The first-order valence-corrected chi connectivity index (χ1v) is 9.28. The maximum absolute atomic E-state index is 12.4. The van der Waals surface area contributed by atoms with Crippen LogP contribution in [0.3, 0.4) is 0 Å². The van der Waals surface area contributed by atoms with Gasteiger partial charge in [-0.25, -0.2) is 8.42 Å². The standard InChI is InChI=1S/C18H20N2O3S/c1-13-3-7-15(8-4-13)19-18(21)14-5-11-17(12-6-14)24(22,23)20(2)16-9-10-16/h3-8,11-12,16H,9-10H2,1-2H3,(H,19,21). The van der Waals surface area contributed by atoms with Crippen LogP contribution in [0.15, 0.2) is 53.4 Å². The molecule has 5 nitrogen and oxygen atoms in total. The van der Waals surface area contributed by atoms with Crippen molar-refractivity contribution < 1.29 is 13.2 Å². The van der Waals surface area contributed by atoms with Gasteiger partial charge in [0.1, 0.15) is 0 Å². The molecule has 2 aromatic rings. The summed E-state index contributed by atoms with van der Waals surface area (Å²) in [4.78, 5) is 12.5. The highest BCUT2D eigenvalue weighted by molar-refractivity contribution is 7.89. The number of aryl methyl sites for hydroxylation is 1. The summed E-state index contributed by atoms with van der Waals surface area (Å²) in [5.41, 5.74) is 2.24. The smallest absolute Gasteiger partial charge is 0.255 e. The van der Waals surface area contributed by atoms with E-state index < -0.39 is 10.0 Å². The molecule has 0 unspecified atom stereocenters. The molecular formula is C18H20N2O3S. The number of nitrogens with zero attached hydrogens (tertiary/aromatic N) is 1. The first kappa shape index (κ1) is 16.7. The Bertz CT molecular complexity index is 839. The highest BCUT2D eigenvalue weighted by Gasteiger charge is 2.34. The Labute approximate surface area is 142 Å². The second kappa shape index (κ2) is 6.37. The summed E-state index contributed by atoms with van der Waals surface area (Å²) >= 11 is 0. The van der Waals surface area contributed by atoms with Gasteiger partial charge in [-0.05, 0) is 56.2 Å². The molecule has 0 saturated heterocycles. The van der Waals surface area contributed by atoms with Crippen LogP contribution >= 0.6 is 0 Å². The maximum atomic E-state index is 12.4. The van der Waals surface area contributed by atoms with E-state index in [-0.39, 0.29) is 16.8 Å². The normalized spacial score (nSPS) is 14.6. The van der Waals surface area contributed by atoms with E-state index in [0.29, 0.717) is 11.3 Å². The number of amides is 1. The molecule has 1 N–H and O–H groups in total. The second-order valence-corrected chi connectivity index (χ2v) is 8.09. The zero-order valence-electron chi connectivity index (χ0n) is 13.7. The number of hydrogen-bond donors (Lipinski definition) is 1. The number of carbonyl (C=O) groups excluding carboxylic acids is 1. The van der Waals surface area contributed by atoms with Crippen LogP contribution in [0.2, 0.25) is 0 Å². The van der Waals surface area contributed by atoms with E-state index >= 15 is 0 Å². The molecule has 3 rings (SSSR count). The molecular weight excluding hydrogens is 324 g/mol. The second-order valence-electron chi connectivity index (χ2n) is 6.10. The van der Waals surface area contributed by atoms with Crippen molar-refractivity contribution >= 4 is 21.6 Å². The molecule has 1 fully saturated rings. The molecule has 0 radical (unpaired) electrons. The van der Waals surface area contributed by atoms with Crippen molar-refractivity contribution in [3.63, 3.8) is 0 Å². The third-order valence-corrected chi connectivity index (χ3v) is 6.09. The van der Waals surface area contributed by atoms with Crippen LogP contribution in [0.4, 0.5) is 5.69 Å². The molecule has 1 aliphatic rings. The van der Waals surface area contributed by atoms with E-state index in [1.54, 1.807) is 7.05 Å². The molecule has 126 valence electrons. The van der Waals surface area contributed by atoms with Crippen molar-refractivity contribution in [3.05, 3.63) is 59.7 Å².